The van der Waals surface area contributed by atoms with Gasteiger partial charge in [-0.25, -0.2) is 8.42 Å². The van der Waals surface area contributed by atoms with Gasteiger partial charge in [0.25, 0.3) is 0 Å². The third kappa shape index (κ3) is 3.48. The Morgan fingerprint density at radius 2 is 2.00 bits per heavy atom. The second-order valence-corrected chi connectivity index (χ2v) is 8.58. The summed E-state index contributed by atoms with van der Waals surface area (Å²) in [5, 5.41) is 0. The van der Waals surface area contributed by atoms with Gasteiger partial charge >= 0.3 is 0 Å². The van der Waals surface area contributed by atoms with E-state index in [0.29, 0.717) is 24.6 Å². The first-order valence-electron chi connectivity index (χ1n) is 7.17. The molecule has 0 aromatic heterocycles. The van der Waals surface area contributed by atoms with Crippen LogP contribution in [0.5, 0.6) is 0 Å². The van der Waals surface area contributed by atoms with Crippen LogP contribution in [-0.2, 0) is 9.84 Å². The predicted octanol–water partition coefficient (Wildman–Crippen LogP) is -0.224. The highest BCUT2D eigenvalue weighted by Crippen LogP contribution is 2.30. The number of sulfone groups is 1. The minimum absolute atomic E-state index is 0.236. The second kappa shape index (κ2) is 5.68. The molecule has 0 aromatic rings. The van der Waals surface area contributed by atoms with E-state index < -0.39 is 9.84 Å². The van der Waals surface area contributed by atoms with Gasteiger partial charge in [0, 0.05) is 18.6 Å². The van der Waals surface area contributed by atoms with Crippen molar-refractivity contribution in [2.24, 2.45) is 11.7 Å². The van der Waals surface area contributed by atoms with E-state index in [0.717, 1.165) is 19.6 Å². The van der Waals surface area contributed by atoms with Crippen LogP contribution in [0.4, 0.5) is 0 Å². The minimum Gasteiger partial charge on any atom is -0.329 e. The molecule has 112 valence electrons. The van der Waals surface area contributed by atoms with E-state index in [1.165, 1.54) is 12.8 Å². The molecule has 0 spiro atoms. The third-order valence-corrected chi connectivity index (χ3v) is 6.73. The monoisotopic (exact) mass is 289 g/mol. The summed E-state index contributed by atoms with van der Waals surface area (Å²) < 4.78 is 23.5. The lowest BCUT2D eigenvalue weighted by atomic mass is 9.92. The Balaban J connectivity index is 1.96. The molecule has 0 bridgehead atoms. The summed E-state index contributed by atoms with van der Waals surface area (Å²) in [6, 6.07) is 0. The summed E-state index contributed by atoms with van der Waals surface area (Å²) >= 11 is 0. The fourth-order valence-electron chi connectivity index (χ4n) is 3.34. The number of hydrogen-bond acceptors (Lipinski definition) is 5. The molecule has 2 aliphatic rings. The van der Waals surface area contributed by atoms with Gasteiger partial charge in [0.2, 0.25) is 0 Å². The van der Waals surface area contributed by atoms with Crippen molar-refractivity contribution in [1.82, 2.24) is 9.80 Å². The van der Waals surface area contributed by atoms with Gasteiger partial charge in [-0.05, 0) is 52.4 Å². The van der Waals surface area contributed by atoms with Gasteiger partial charge in [-0.3, -0.25) is 4.90 Å². The largest absolute Gasteiger partial charge is 0.329 e. The molecule has 1 unspecified atom stereocenters. The summed E-state index contributed by atoms with van der Waals surface area (Å²) in [6.45, 7) is 3.70. The standard InChI is InChI=1S/C13H27N3O2S/c1-15-6-3-12(4-7-15)9-16(2)13(10-14)5-8-19(17,18)11-13/h12H,3-11,14H2,1-2H3. The lowest BCUT2D eigenvalue weighted by Crippen LogP contribution is -2.55. The Kier molecular flexibility index (Phi) is 4.55. The maximum Gasteiger partial charge on any atom is 0.152 e. The summed E-state index contributed by atoms with van der Waals surface area (Å²) in [5.74, 6) is 1.20. The van der Waals surface area contributed by atoms with Crippen LogP contribution >= 0.6 is 0 Å². The molecule has 2 heterocycles. The van der Waals surface area contributed by atoms with Crippen molar-refractivity contribution in [2.45, 2.75) is 24.8 Å². The first kappa shape index (κ1) is 15.2. The average molecular weight is 289 g/mol. The number of piperidine rings is 1. The smallest absolute Gasteiger partial charge is 0.152 e. The van der Waals surface area contributed by atoms with E-state index in [2.05, 4.69) is 16.8 Å². The molecule has 19 heavy (non-hydrogen) atoms. The van der Waals surface area contributed by atoms with Crippen LogP contribution in [0.15, 0.2) is 0 Å². The lowest BCUT2D eigenvalue weighted by Gasteiger charge is -2.40. The molecule has 0 aliphatic carbocycles. The number of likely N-dealkylation sites (tertiary alicyclic amines) is 1. The van der Waals surface area contributed by atoms with Gasteiger partial charge in [-0.1, -0.05) is 0 Å². The second-order valence-electron chi connectivity index (χ2n) is 6.40. The maximum absolute atomic E-state index is 11.8. The van der Waals surface area contributed by atoms with E-state index in [1.807, 2.05) is 7.05 Å². The van der Waals surface area contributed by atoms with E-state index >= 15 is 0 Å². The molecule has 2 aliphatic heterocycles. The summed E-state index contributed by atoms with van der Waals surface area (Å²) in [4.78, 5) is 4.59. The molecule has 2 rings (SSSR count). The molecule has 0 aromatic carbocycles. The van der Waals surface area contributed by atoms with Crippen molar-refractivity contribution in [3.63, 3.8) is 0 Å². The SMILES string of the molecule is CN1CCC(CN(C)C2(CN)CCS(=O)(=O)C2)CC1. The normalized spacial score (nSPS) is 33.1. The van der Waals surface area contributed by atoms with Crippen LogP contribution in [0.3, 0.4) is 0 Å². The van der Waals surface area contributed by atoms with Gasteiger partial charge in [-0.2, -0.15) is 0 Å². The van der Waals surface area contributed by atoms with Gasteiger partial charge in [0.05, 0.1) is 11.5 Å². The van der Waals surface area contributed by atoms with Crippen LogP contribution in [0.1, 0.15) is 19.3 Å². The quantitative estimate of drug-likeness (QED) is 0.775. The first-order chi connectivity index (χ1) is 8.87. The highest BCUT2D eigenvalue weighted by atomic mass is 32.2. The Morgan fingerprint density at radius 3 is 2.47 bits per heavy atom. The topological polar surface area (TPSA) is 66.6 Å². The molecule has 6 heteroatoms. The van der Waals surface area contributed by atoms with Gasteiger partial charge in [0.1, 0.15) is 0 Å². The Labute approximate surface area is 117 Å². The van der Waals surface area contributed by atoms with Gasteiger partial charge in [0.15, 0.2) is 9.84 Å². The van der Waals surface area contributed by atoms with E-state index in [9.17, 15) is 8.42 Å². The van der Waals surface area contributed by atoms with Gasteiger partial charge < -0.3 is 10.6 Å². The summed E-state index contributed by atoms with van der Waals surface area (Å²) in [5.41, 5.74) is 5.59. The average Bonchev–Trinajstić information content (AvgIpc) is 2.69. The third-order valence-electron chi connectivity index (χ3n) is 4.93. The number of nitrogens with two attached hydrogens (primary N) is 1. The molecule has 2 N–H and O–H groups in total. The predicted molar refractivity (Wildman–Crippen MR) is 77.9 cm³/mol. The summed E-state index contributed by atoms with van der Waals surface area (Å²) in [7, 11) is 1.31. The van der Waals surface area contributed by atoms with E-state index in [-0.39, 0.29) is 11.3 Å². The molecule has 0 amide bonds. The molecule has 5 nitrogen and oxygen atoms in total. The minimum atomic E-state index is -2.89. The Hall–Kier alpha value is -0.170. The Morgan fingerprint density at radius 1 is 1.37 bits per heavy atom. The van der Waals surface area contributed by atoms with E-state index in [1.54, 1.807) is 0 Å². The summed E-state index contributed by atoms with van der Waals surface area (Å²) in [6.07, 6.45) is 3.09. The van der Waals surface area contributed by atoms with Crippen LogP contribution in [-0.4, -0.2) is 75.5 Å². The first-order valence-corrected chi connectivity index (χ1v) is 8.99. The maximum atomic E-state index is 11.8. The number of rotatable bonds is 4. The van der Waals surface area contributed by atoms with Crippen LogP contribution in [0.25, 0.3) is 0 Å². The molecular weight excluding hydrogens is 262 g/mol. The highest BCUT2D eigenvalue weighted by Gasteiger charge is 2.44. The number of nitrogens with zero attached hydrogens (tertiary/aromatic N) is 2. The van der Waals surface area contributed by atoms with E-state index in [4.69, 9.17) is 5.73 Å². The van der Waals surface area contributed by atoms with Gasteiger partial charge in [-0.15, -0.1) is 0 Å². The van der Waals surface area contributed by atoms with Crippen LogP contribution in [0.2, 0.25) is 0 Å². The van der Waals surface area contributed by atoms with Crippen LogP contribution < -0.4 is 5.73 Å². The fourth-order valence-corrected chi connectivity index (χ4v) is 5.48. The highest BCUT2D eigenvalue weighted by molar-refractivity contribution is 7.91. The Bertz CT molecular complexity index is 404. The molecule has 2 saturated heterocycles. The zero-order valence-corrected chi connectivity index (χ0v) is 13.0. The fraction of sp³-hybridized carbons (Fsp3) is 1.00. The molecule has 2 fully saturated rings. The number of hydrogen-bond donors (Lipinski definition) is 1. The van der Waals surface area contributed by atoms with Crippen molar-refractivity contribution < 1.29 is 8.42 Å². The molecular formula is C13H27N3O2S. The molecule has 0 saturated carbocycles. The number of likely N-dealkylation sites (N-methyl/N-ethyl adjacent to an activating group) is 1. The zero-order valence-electron chi connectivity index (χ0n) is 12.1. The molecule has 0 radical (unpaired) electrons. The zero-order chi connectivity index (χ0) is 14.1. The van der Waals surface area contributed by atoms with Crippen molar-refractivity contribution in [3.05, 3.63) is 0 Å². The lowest BCUT2D eigenvalue weighted by molar-refractivity contribution is 0.102. The van der Waals surface area contributed by atoms with Crippen molar-refractivity contribution in [2.75, 3.05) is 51.8 Å². The van der Waals surface area contributed by atoms with Crippen molar-refractivity contribution in [1.29, 1.82) is 0 Å². The van der Waals surface area contributed by atoms with Crippen molar-refractivity contribution >= 4 is 9.84 Å². The van der Waals surface area contributed by atoms with Crippen molar-refractivity contribution in [3.8, 4) is 0 Å². The molecule has 1 atom stereocenters. The van der Waals surface area contributed by atoms with Crippen LogP contribution in [0, 0.1) is 5.92 Å².